The first-order chi connectivity index (χ1) is 9.91. The summed E-state index contributed by atoms with van der Waals surface area (Å²) >= 11 is 0. The molecule has 1 aromatic rings. The maximum absolute atomic E-state index is 12.7. The summed E-state index contributed by atoms with van der Waals surface area (Å²) in [6, 6.07) is 6.67. The molecule has 0 spiro atoms. The van der Waals surface area contributed by atoms with Crippen molar-refractivity contribution in [2.45, 2.75) is 38.0 Å². The molecule has 1 atom stereocenters. The minimum atomic E-state index is -3.49. The van der Waals surface area contributed by atoms with Gasteiger partial charge in [0.25, 0.3) is 5.91 Å². The molecule has 0 heterocycles. The Labute approximate surface area is 126 Å². The Kier molecular flexibility index (Phi) is 6.97. The Morgan fingerprint density at radius 1 is 1.29 bits per heavy atom. The molecule has 0 aromatic heterocycles. The van der Waals surface area contributed by atoms with Crippen LogP contribution in [0.2, 0.25) is 0 Å². The molecular formula is C14H23N2O4S+. The first kappa shape index (κ1) is 17.8. The van der Waals surface area contributed by atoms with Crippen molar-refractivity contribution in [3.8, 4) is 0 Å². The van der Waals surface area contributed by atoms with E-state index in [0.29, 0.717) is 13.0 Å². The Morgan fingerprint density at radius 2 is 1.90 bits per heavy atom. The molecule has 0 aliphatic carbocycles. The molecule has 0 bridgehead atoms. The van der Waals surface area contributed by atoms with E-state index in [1.807, 2.05) is 13.8 Å². The van der Waals surface area contributed by atoms with Crippen LogP contribution in [0, 0.1) is 6.92 Å². The number of unbranched alkanes of at least 4 members (excludes halogenated alkanes) is 2. The summed E-state index contributed by atoms with van der Waals surface area (Å²) in [6.07, 6.45) is 2.58. The van der Waals surface area contributed by atoms with Gasteiger partial charge in [0.05, 0.1) is 0 Å². The maximum atomic E-state index is 12.7. The monoisotopic (exact) mass is 315 g/mol. The average molecular weight is 315 g/mol. The number of hydroxylamine groups is 1. The summed E-state index contributed by atoms with van der Waals surface area (Å²) in [7, 11) is -3.49. The van der Waals surface area contributed by atoms with Gasteiger partial charge >= 0.3 is 10.4 Å². The second kappa shape index (κ2) is 8.23. The van der Waals surface area contributed by atoms with E-state index in [0.717, 1.165) is 18.4 Å². The van der Waals surface area contributed by atoms with Gasteiger partial charge in [-0.25, -0.2) is 5.48 Å². The highest BCUT2D eigenvalue weighted by Gasteiger charge is 2.39. The third-order valence-corrected chi connectivity index (χ3v) is 5.03. The highest BCUT2D eigenvalue weighted by molar-refractivity contribution is 7.95. The van der Waals surface area contributed by atoms with Gasteiger partial charge in [0.2, 0.25) is 4.90 Å². The molecule has 118 valence electrons. The fourth-order valence-electron chi connectivity index (χ4n) is 1.89. The summed E-state index contributed by atoms with van der Waals surface area (Å²) < 4.78 is 24.2. The van der Waals surface area contributed by atoms with Crippen LogP contribution in [0.3, 0.4) is 0 Å². The molecule has 6 nitrogen and oxygen atoms in total. The molecule has 1 rings (SSSR count). The summed E-state index contributed by atoms with van der Waals surface area (Å²) in [5.41, 5.74) is 2.49. The van der Waals surface area contributed by atoms with Crippen LogP contribution in [0.15, 0.2) is 29.2 Å². The van der Waals surface area contributed by atoms with Crippen molar-refractivity contribution >= 4 is 16.3 Å². The fourth-order valence-corrected chi connectivity index (χ4v) is 3.35. The molecule has 0 aliphatic rings. The summed E-state index contributed by atoms with van der Waals surface area (Å²) in [4.78, 5) is 11.6. The second-order valence-corrected chi connectivity index (χ2v) is 6.90. The number of aryl methyl sites for hydroxylation is 1. The lowest BCUT2D eigenvalue weighted by Gasteiger charge is -2.19. The predicted octanol–water partition coefficient (Wildman–Crippen LogP) is 2.24. The number of amides is 1. The summed E-state index contributed by atoms with van der Waals surface area (Å²) in [5.74, 6) is -0.708. The van der Waals surface area contributed by atoms with E-state index in [4.69, 9.17) is 5.21 Å². The van der Waals surface area contributed by atoms with Gasteiger partial charge in [-0.2, -0.15) is 4.55 Å². The zero-order chi connectivity index (χ0) is 15.9. The van der Waals surface area contributed by atoms with Crippen LogP contribution in [0.5, 0.6) is 0 Å². The molecule has 21 heavy (non-hydrogen) atoms. The van der Waals surface area contributed by atoms with Gasteiger partial charge < -0.3 is 0 Å². The Balaban J connectivity index is 2.94. The predicted molar refractivity (Wildman–Crippen MR) is 81.2 cm³/mol. The van der Waals surface area contributed by atoms with Crippen molar-refractivity contribution in [3.05, 3.63) is 29.8 Å². The first-order valence-electron chi connectivity index (χ1n) is 6.93. The molecule has 0 aliphatic heterocycles. The quantitative estimate of drug-likeness (QED) is 0.297. The Morgan fingerprint density at radius 3 is 2.43 bits per heavy atom. The van der Waals surface area contributed by atoms with E-state index in [2.05, 4.69) is 0 Å². The number of rotatable bonds is 8. The molecule has 0 radical (unpaired) electrons. The van der Waals surface area contributed by atoms with E-state index in [-0.39, 0.29) is 11.4 Å². The minimum Gasteiger partial charge on any atom is -0.289 e. The second-order valence-electron chi connectivity index (χ2n) is 4.92. The molecular weight excluding hydrogens is 292 g/mol. The van der Waals surface area contributed by atoms with Crippen molar-refractivity contribution in [1.29, 1.82) is 0 Å². The van der Waals surface area contributed by atoms with E-state index in [1.165, 1.54) is 9.79 Å². The van der Waals surface area contributed by atoms with Crippen molar-refractivity contribution in [2.75, 3.05) is 13.1 Å². The number of carbonyl (C=O) groups is 1. The van der Waals surface area contributed by atoms with Crippen molar-refractivity contribution < 1.29 is 18.8 Å². The van der Waals surface area contributed by atoms with E-state index < -0.39 is 16.3 Å². The first-order valence-corrected chi connectivity index (χ1v) is 8.40. The molecule has 1 unspecified atom stereocenters. The average Bonchev–Trinajstić information content (AvgIpc) is 2.46. The molecule has 1 aromatic carbocycles. The third-order valence-electron chi connectivity index (χ3n) is 3.13. The Hall–Kier alpha value is -1.28. The van der Waals surface area contributed by atoms with Gasteiger partial charge in [-0.15, -0.1) is 0 Å². The molecule has 7 heteroatoms. The van der Waals surface area contributed by atoms with E-state index in [9.17, 15) is 13.6 Å². The van der Waals surface area contributed by atoms with Crippen molar-refractivity contribution in [2.24, 2.45) is 0 Å². The lowest BCUT2D eigenvalue weighted by molar-refractivity contribution is -0.129. The van der Waals surface area contributed by atoms with Crippen LogP contribution in [0.4, 0.5) is 0 Å². The van der Waals surface area contributed by atoms with Crippen LogP contribution >= 0.6 is 0 Å². The van der Waals surface area contributed by atoms with E-state index in [1.54, 1.807) is 24.3 Å². The molecule has 1 amide bonds. The van der Waals surface area contributed by atoms with Gasteiger partial charge in [-0.1, -0.05) is 41.8 Å². The van der Waals surface area contributed by atoms with Crippen LogP contribution in [0.1, 0.15) is 31.7 Å². The zero-order valence-electron chi connectivity index (χ0n) is 12.4. The fraction of sp³-hybridized carbons (Fsp3) is 0.500. The number of nitrogens with zero attached hydrogens (tertiary/aromatic N) is 1. The smallest absolute Gasteiger partial charge is 0.289 e. The molecule has 3 N–H and O–H groups in total. The van der Waals surface area contributed by atoms with Gasteiger partial charge in [0.15, 0.2) is 0 Å². The summed E-state index contributed by atoms with van der Waals surface area (Å²) in [5, 5.41) is 8.63. The van der Waals surface area contributed by atoms with Crippen LogP contribution < -0.4 is 5.48 Å². The SMILES string of the molecule is CCCCCN(CC(=O)NO)[S+](=O)(O)c1ccc(C)cc1. The standard InChI is InChI=1S/C14H22N2O4S/c1-3-4-5-10-16(11-14(17)15-18)21(19,20)13-8-6-12(2)7-9-13/h6-9H,3-5,10-11H2,1-2H3,(H2-,15,17,18,19,20)/p+1. The number of carbonyl (C=O) groups excluding carboxylic acids is 1. The highest BCUT2D eigenvalue weighted by atomic mass is 32.3. The molecule has 0 fully saturated rings. The third kappa shape index (κ3) is 5.20. The van der Waals surface area contributed by atoms with E-state index >= 15 is 0 Å². The minimum absolute atomic E-state index is 0.260. The zero-order valence-corrected chi connectivity index (χ0v) is 13.2. The maximum Gasteiger partial charge on any atom is 0.326 e. The number of hydrogen-bond acceptors (Lipinski definition) is 3. The van der Waals surface area contributed by atoms with Crippen LogP contribution in [-0.4, -0.2) is 33.1 Å². The van der Waals surface area contributed by atoms with Gasteiger partial charge in [-0.3, -0.25) is 10.0 Å². The lowest BCUT2D eigenvalue weighted by atomic mass is 10.2. The summed E-state index contributed by atoms with van der Waals surface area (Å²) in [6.45, 7) is 3.90. The van der Waals surface area contributed by atoms with Crippen LogP contribution in [-0.2, 0) is 19.4 Å². The molecule has 0 saturated heterocycles. The highest BCUT2D eigenvalue weighted by Crippen LogP contribution is 2.22. The molecule has 0 saturated carbocycles. The number of benzene rings is 1. The normalized spacial score (nSPS) is 14.0. The Bertz CT molecular complexity index is 504. The largest absolute Gasteiger partial charge is 0.326 e. The number of nitrogens with one attached hydrogen (secondary N) is 1. The van der Waals surface area contributed by atoms with Crippen LogP contribution in [0.25, 0.3) is 0 Å². The van der Waals surface area contributed by atoms with Gasteiger partial charge in [-0.05, 0) is 29.7 Å². The number of hydrogen-bond donors (Lipinski definition) is 3. The van der Waals surface area contributed by atoms with Crippen molar-refractivity contribution in [3.63, 3.8) is 0 Å². The van der Waals surface area contributed by atoms with Gasteiger partial charge in [0, 0.05) is 6.54 Å². The topological polar surface area (TPSA) is 89.9 Å². The van der Waals surface area contributed by atoms with Crippen molar-refractivity contribution in [1.82, 2.24) is 9.79 Å². The van der Waals surface area contributed by atoms with Gasteiger partial charge in [0.1, 0.15) is 6.54 Å². The lowest BCUT2D eigenvalue weighted by Crippen LogP contribution is -2.43.